The SMILES string of the molecule is CCn1ccccc1=N. The van der Waals surface area contributed by atoms with Gasteiger partial charge in [0.25, 0.3) is 0 Å². The highest BCUT2D eigenvalue weighted by Gasteiger charge is 1.81. The van der Waals surface area contributed by atoms with Crippen LogP contribution in [0.5, 0.6) is 0 Å². The Morgan fingerprint density at radius 1 is 1.56 bits per heavy atom. The molecule has 0 aliphatic rings. The van der Waals surface area contributed by atoms with E-state index < -0.39 is 0 Å². The number of aryl methyl sites for hydroxylation is 1. The van der Waals surface area contributed by atoms with Crippen LogP contribution in [0.1, 0.15) is 6.92 Å². The number of hydrogen-bond acceptors (Lipinski definition) is 1. The summed E-state index contributed by atoms with van der Waals surface area (Å²) in [6, 6.07) is 5.58. The van der Waals surface area contributed by atoms with E-state index in [1.54, 1.807) is 6.07 Å². The predicted molar refractivity (Wildman–Crippen MR) is 36.0 cm³/mol. The molecule has 0 radical (unpaired) electrons. The topological polar surface area (TPSA) is 28.8 Å². The van der Waals surface area contributed by atoms with Gasteiger partial charge in [0.2, 0.25) is 0 Å². The lowest BCUT2D eigenvalue weighted by Gasteiger charge is -1.98. The van der Waals surface area contributed by atoms with E-state index in [0.29, 0.717) is 5.49 Å². The molecule has 1 heterocycles. The van der Waals surface area contributed by atoms with Gasteiger partial charge in [0.05, 0.1) is 0 Å². The fourth-order valence-corrected chi connectivity index (χ4v) is 0.752. The van der Waals surface area contributed by atoms with Crippen molar-refractivity contribution in [2.45, 2.75) is 13.5 Å². The molecule has 0 saturated heterocycles. The minimum atomic E-state index is 0.569. The van der Waals surface area contributed by atoms with Crippen molar-refractivity contribution in [3.63, 3.8) is 0 Å². The van der Waals surface area contributed by atoms with E-state index in [2.05, 4.69) is 0 Å². The minimum absolute atomic E-state index is 0.569. The molecule has 9 heavy (non-hydrogen) atoms. The zero-order chi connectivity index (χ0) is 6.69. The number of rotatable bonds is 1. The molecule has 2 heteroatoms. The first kappa shape index (κ1) is 6.08. The van der Waals surface area contributed by atoms with Crippen molar-refractivity contribution in [3.05, 3.63) is 29.9 Å². The minimum Gasteiger partial charge on any atom is -0.334 e. The van der Waals surface area contributed by atoms with Crippen molar-refractivity contribution in [1.29, 1.82) is 5.41 Å². The van der Waals surface area contributed by atoms with Crippen LogP contribution in [0, 0.1) is 5.41 Å². The number of nitrogens with zero attached hydrogens (tertiary/aromatic N) is 1. The third-order valence-electron chi connectivity index (χ3n) is 1.28. The van der Waals surface area contributed by atoms with Gasteiger partial charge in [-0.2, -0.15) is 0 Å². The first-order valence-corrected chi connectivity index (χ1v) is 3.04. The van der Waals surface area contributed by atoms with Gasteiger partial charge in [0, 0.05) is 12.7 Å². The molecule has 2 nitrogen and oxygen atoms in total. The van der Waals surface area contributed by atoms with Crippen LogP contribution in [0.15, 0.2) is 24.4 Å². The van der Waals surface area contributed by atoms with Crippen molar-refractivity contribution in [1.82, 2.24) is 4.57 Å². The molecule has 1 aromatic heterocycles. The highest BCUT2D eigenvalue weighted by atomic mass is 15.0. The summed E-state index contributed by atoms with van der Waals surface area (Å²) in [6.07, 6.45) is 1.91. The molecule has 0 bridgehead atoms. The van der Waals surface area contributed by atoms with E-state index in [4.69, 9.17) is 5.41 Å². The van der Waals surface area contributed by atoms with Gasteiger partial charge in [-0.1, -0.05) is 6.07 Å². The van der Waals surface area contributed by atoms with Crippen molar-refractivity contribution in [3.8, 4) is 0 Å². The number of nitrogens with one attached hydrogen (secondary N) is 1. The molecular formula is C7H10N2. The summed E-state index contributed by atoms with van der Waals surface area (Å²) in [4.78, 5) is 0. The first-order chi connectivity index (χ1) is 4.34. The molecule has 0 aliphatic carbocycles. The standard InChI is InChI=1S/C7H10N2/c1-2-9-6-4-3-5-7(9)8/h3-6,8H,2H2,1H3. The van der Waals surface area contributed by atoms with Crippen molar-refractivity contribution >= 4 is 0 Å². The van der Waals surface area contributed by atoms with Crippen LogP contribution in [0.3, 0.4) is 0 Å². The first-order valence-electron chi connectivity index (χ1n) is 3.04. The number of pyridine rings is 1. The number of hydrogen-bond donors (Lipinski definition) is 1. The summed E-state index contributed by atoms with van der Waals surface area (Å²) in [6.45, 7) is 2.90. The molecule has 48 valence electrons. The Labute approximate surface area is 54.3 Å². The van der Waals surface area contributed by atoms with Gasteiger partial charge < -0.3 is 4.57 Å². The van der Waals surface area contributed by atoms with E-state index in [1.165, 1.54) is 0 Å². The van der Waals surface area contributed by atoms with E-state index in [0.717, 1.165) is 6.54 Å². The fourth-order valence-electron chi connectivity index (χ4n) is 0.752. The Hall–Kier alpha value is -1.05. The van der Waals surface area contributed by atoms with Gasteiger partial charge in [0.15, 0.2) is 0 Å². The Balaban J connectivity index is 3.16. The van der Waals surface area contributed by atoms with Crippen LogP contribution in [0.4, 0.5) is 0 Å². The second-order valence-corrected chi connectivity index (χ2v) is 1.87. The second kappa shape index (κ2) is 2.49. The van der Waals surface area contributed by atoms with E-state index in [1.807, 2.05) is 29.8 Å². The summed E-state index contributed by atoms with van der Waals surface area (Å²) < 4.78 is 1.88. The molecule has 0 aliphatic heterocycles. The lowest BCUT2D eigenvalue weighted by Crippen LogP contribution is -2.16. The van der Waals surface area contributed by atoms with E-state index in [-0.39, 0.29) is 0 Å². The van der Waals surface area contributed by atoms with Gasteiger partial charge >= 0.3 is 0 Å². The monoisotopic (exact) mass is 122 g/mol. The average Bonchev–Trinajstić information content (AvgIpc) is 1.89. The van der Waals surface area contributed by atoms with Gasteiger partial charge in [-0.05, 0) is 19.1 Å². The van der Waals surface area contributed by atoms with Crippen LogP contribution < -0.4 is 5.49 Å². The molecule has 0 saturated carbocycles. The Morgan fingerprint density at radius 2 is 2.33 bits per heavy atom. The van der Waals surface area contributed by atoms with Gasteiger partial charge in [-0.25, -0.2) is 0 Å². The third kappa shape index (κ3) is 1.19. The molecule has 1 aromatic rings. The quantitative estimate of drug-likeness (QED) is 0.575. The van der Waals surface area contributed by atoms with Crippen LogP contribution in [-0.4, -0.2) is 4.57 Å². The normalized spacial score (nSPS) is 9.44. The van der Waals surface area contributed by atoms with Gasteiger partial charge in [-0.15, -0.1) is 0 Å². The molecule has 1 rings (SSSR count). The molecule has 0 unspecified atom stereocenters. The molecule has 0 fully saturated rings. The molecule has 0 aromatic carbocycles. The second-order valence-electron chi connectivity index (χ2n) is 1.87. The summed E-state index contributed by atoms with van der Waals surface area (Å²) >= 11 is 0. The zero-order valence-electron chi connectivity index (χ0n) is 5.46. The molecule has 1 N–H and O–H groups in total. The van der Waals surface area contributed by atoms with Crippen LogP contribution in [-0.2, 0) is 6.54 Å². The maximum atomic E-state index is 7.33. The Morgan fingerprint density at radius 3 is 2.78 bits per heavy atom. The highest BCUT2D eigenvalue weighted by Crippen LogP contribution is 1.78. The van der Waals surface area contributed by atoms with Crippen LogP contribution in [0.2, 0.25) is 0 Å². The van der Waals surface area contributed by atoms with E-state index >= 15 is 0 Å². The third-order valence-corrected chi connectivity index (χ3v) is 1.28. The highest BCUT2D eigenvalue weighted by molar-refractivity contribution is 4.90. The van der Waals surface area contributed by atoms with E-state index in [9.17, 15) is 0 Å². The number of aromatic nitrogens is 1. The van der Waals surface area contributed by atoms with Crippen molar-refractivity contribution < 1.29 is 0 Å². The van der Waals surface area contributed by atoms with Gasteiger partial charge in [0.1, 0.15) is 5.49 Å². The summed E-state index contributed by atoms with van der Waals surface area (Å²) in [5, 5.41) is 7.33. The Bertz CT molecular complexity index is 237. The maximum absolute atomic E-state index is 7.33. The molecule has 0 amide bonds. The largest absolute Gasteiger partial charge is 0.334 e. The van der Waals surface area contributed by atoms with Crippen LogP contribution >= 0.6 is 0 Å². The summed E-state index contributed by atoms with van der Waals surface area (Å²) in [5.74, 6) is 0. The van der Waals surface area contributed by atoms with Crippen molar-refractivity contribution in [2.24, 2.45) is 0 Å². The lowest BCUT2D eigenvalue weighted by atomic mass is 10.5. The average molecular weight is 122 g/mol. The summed E-state index contributed by atoms with van der Waals surface area (Å²) in [5.41, 5.74) is 0.569. The molecule has 0 spiro atoms. The Kier molecular flexibility index (Phi) is 1.68. The molecular weight excluding hydrogens is 112 g/mol. The zero-order valence-corrected chi connectivity index (χ0v) is 5.46. The predicted octanol–water partition coefficient (Wildman–Crippen LogP) is 0.987. The van der Waals surface area contributed by atoms with Gasteiger partial charge in [-0.3, -0.25) is 5.41 Å². The van der Waals surface area contributed by atoms with Crippen LogP contribution in [0.25, 0.3) is 0 Å². The maximum Gasteiger partial charge on any atom is 0.124 e. The smallest absolute Gasteiger partial charge is 0.124 e. The summed E-state index contributed by atoms with van der Waals surface area (Å²) in [7, 11) is 0. The lowest BCUT2D eigenvalue weighted by molar-refractivity contribution is 0.702. The molecule has 0 atom stereocenters. The van der Waals surface area contributed by atoms with Crippen molar-refractivity contribution in [2.75, 3.05) is 0 Å². The fraction of sp³-hybridized carbons (Fsp3) is 0.286.